The van der Waals surface area contributed by atoms with E-state index < -0.39 is 6.09 Å². The number of carbonyl (C=O) groups excluding carboxylic acids is 1. The lowest BCUT2D eigenvalue weighted by Gasteiger charge is -2.21. The topological polar surface area (TPSA) is 85.4 Å². The Morgan fingerprint density at radius 2 is 1.52 bits per heavy atom. The molecule has 7 nitrogen and oxygen atoms in total. The molecular formula is C33H32N4O3. The molecule has 5 aromatic rings. The van der Waals surface area contributed by atoms with Crippen LogP contribution in [-0.2, 0) is 17.9 Å². The van der Waals surface area contributed by atoms with Crippen molar-refractivity contribution in [1.29, 1.82) is 0 Å². The highest BCUT2D eigenvalue weighted by molar-refractivity contribution is 5.93. The van der Waals surface area contributed by atoms with Crippen LogP contribution >= 0.6 is 0 Å². The molecule has 2 N–H and O–H groups in total. The number of benzene rings is 4. The first-order valence-corrected chi connectivity index (χ1v) is 13.2. The fraction of sp³-hybridized carbons (Fsp3) is 0.182. The van der Waals surface area contributed by atoms with E-state index in [1.165, 1.54) is 0 Å². The average molecular weight is 533 g/mol. The highest BCUT2D eigenvalue weighted by atomic mass is 16.5. The molecule has 4 aromatic carbocycles. The predicted octanol–water partition coefficient (Wildman–Crippen LogP) is 6.62. The van der Waals surface area contributed by atoms with Crippen molar-refractivity contribution in [3.05, 3.63) is 131 Å². The molecule has 40 heavy (non-hydrogen) atoms. The smallest absolute Gasteiger partial charge is 0.407 e. The van der Waals surface area contributed by atoms with Crippen molar-refractivity contribution < 1.29 is 14.3 Å². The Bertz CT molecular complexity index is 1580. The van der Waals surface area contributed by atoms with Gasteiger partial charge in [-0.3, -0.25) is 0 Å². The molecule has 0 radical (unpaired) electrons. The first-order chi connectivity index (χ1) is 19.6. The van der Waals surface area contributed by atoms with Gasteiger partial charge in [0, 0.05) is 18.5 Å². The van der Waals surface area contributed by atoms with E-state index in [9.17, 15) is 4.79 Å². The third-order valence-electron chi connectivity index (χ3n) is 6.77. The van der Waals surface area contributed by atoms with Crippen LogP contribution in [0.1, 0.15) is 34.0 Å². The molecule has 0 aliphatic carbocycles. The first kappa shape index (κ1) is 26.7. The second-order valence-electron chi connectivity index (χ2n) is 9.48. The number of para-hydroxylation sites is 1. The summed E-state index contributed by atoms with van der Waals surface area (Å²) in [5.41, 5.74) is 4.86. The number of fused-ring (bicyclic) bond motifs is 1. The molecule has 0 bridgehead atoms. The van der Waals surface area contributed by atoms with Crippen molar-refractivity contribution in [2.24, 2.45) is 0 Å². The van der Waals surface area contributed by atoms with Crippen LogP contribution in [0.25, 0.3) is 10.9 Å². The zero-order valence-corrected chi connectivity index (χ0v) is 22.6. The number of nitrogens with zero attached hydrogens (tertiary/aromatic N) is 2. The number of hydrogen-bond acceptors (Lipinski definition) is 6. The lowest BCUT2D eigenvalue weighted by atomic mass is 9.93. The molecular weight excluding hydrogens is 500 g/mol. The van der Waals surface area contributed by atoms with Crippen LogP contribution in [0.5, 0.6) is 5.75 Å². The molecule has 0 saturated carbocycles. The van der Waals surface area contributed by atoms with E-state index in [1.54, 1.807) is 7.11 Å². The van der Waals surface area contributed by atoms with Gasteiger partial charge < -0.3 is 20.1 Å². The number of alkyl carbamates (subject to hydrolysis) is 1. The number of rotatable bonds is 10. The van der Waals surface area contributed by atoms with E-state index in [2.05, 4.69) is 22.8 Å². The summed E-state index contributed by atoms with van der Waals surface area (Å²) in [5.74, 6) is 1.61. The van der Waals surface area contributed by atoms with Gasteiger partial charge in [0.15, 0.2) is 0 Å². The van der Waals surface area contributed by atoms with Crippen molar-refractivity contribution in [2.75, 3.05) is 19.0 Å². The van der Waals surface area contributed by atoms with Gasteiger partial charge in [0.2, 0.25) is 0 Å². The largest absolute Gasteiger partial charge is 0.494 e. The third-order valence-corrected chi connectivity index (χ3v) is 6.77. The van der Waals surface area contributed by atoms with Gasteiger partial charge in [-0.1, -0.05) is 91.0 Å². The van der Waals surface area contributed by atoms with Crippen LogP contribution in [-0.4, -0.2) is 29.7 Å². The molecule has 0 spiro atoms. The zero-order valence-electron chi connectivity index (χ0n) is 22.6. The van der Waals surface area contributed by atoms with Crippen LogP contribution in [0.4, 0.5) is 10.6 Å². The summed E-state index contributed by atoms with van der Waals surface area (Å²) < 4.78 is 11.1. The van der Waals surface area contributed by atoms with Crippen LogP contribution in [0.15, 0.2) is 103 Å². The zero-order chi connectivity index (χ0) is 27.7. The standard InChI is InChI=1S/C33H32N4O3/c1-23-12-9-10-17-26(23)28(21-35-33(38)40-22-25-15-7-4-8-16-25)32-36-30-27(18-11-19-29(30)39-2)31(37-32)34-20-24-13-5-3-6-14-24/h3-19,28H,20-22H2,1-2H3,(H,35,38)(H,34,36,37). The van der Waals surface area contributed by atoms with Crippen molar-refractivity contribution >= 4 is 22.8 Å². The molecule has 0 saturated heterocycles. The molecule has 1 amide bonds. The van der Waals surface area contributed by atoms with Gasteiger partial charge in [-0.2, -0.15) is 0 Å². The fourth-order valence-electron chi connectivity index (χ4n) is 4.66. The Morgan fingerprint density at radius 3 is 2.25 bits per heavy atom. The van der Waals surface area contributed by atoms with E-state index in [0.29, 0.717) is 29.5 Å². The molecule has 1 unspecified atom stereocenters. The van der Waals surface area contributed by atoms with Gasteiger partial charge >= 0.3 is 6.09 Å². The average Bonchev–Trinajstić information content (AvgIpc) is 3.00. The Balaban J connectivity index is 1.48. The lowest BCUT2D eigenvalue weighted by Crippen LogP contribution is -2.30. The number of anilines is 1. The SMILES string of the molecule is COc1cccc2c(NCc3ccccc3)nc(C(CNC(=O)OCc3ccccc3)c3ccccc3C)nc12. The van der Waals surface area contributed by atoms with E-state index in [1.807, 2.05) is 97.9 Å². The van der Waals surface area contributed by atoms with E-state index in [-0.39, 0.29) is 19.1 Å². The summed E-state index contributed by atoms with van der Waals surface area (Å²) in [6.45, 7) is 3.10. The molecule has 1 aromatic heterocycles. The Morgan fingerprint density at radius 1 is 0.825 bits per heavy atom. The summed E-state index contributed by atoms with van der Waals surface area (Å²) in [6.07, 6.45) is -0.497. The lowest BCUT2D eigenvalue weighted by molar-refractivity contribution is 0.139. The molecule has 202 valence electrons. The maximum atomic E-state index is 12.7. The first-order valence-electron chi connectivity index (χ1n) is 13.2. The highest BCUT2D eigenvalue weighted by Gasteiger charge is 2.23. The van der Waals surface area contributed by atoms with Crippen molar-refractivity contribution in [1.82, 2.24) is 15.3 Å². The number of ether oxygens (including phenoxy) is 2. The minimum atomic E-state index is -0.497. The summed E-state index contributed by atoms with van der Waals surface area (Å²) in [7, 11) is 1.64. The van der Waals surface area contributed by atoms with E-state index in [4.69, 9.17) is 19.4 Å². The maximum absolute atomic E-state index is 12.7. The molecule has 1 atom stereocenters. The van der Waals surface area contributed by atoms with Gasteiger partial charge in [-0.15, -0.1) is 0 Å². The maximum Gasteiger partial charge on any atom is 0.407 e. The summed E-state index contributed by atoms with van der Waals surface area (Å²) in [6, 6.07) is 33.6. The van der Waals surface area contributed by atoms with Crippen molar-refractivity contribution in [3.63, 3.8) is 0 Å². The number of nitrogens with one attached hydrogen (secondary N) is 2. The van der Waals surface area contributed by atoms with Gasteiger partial charge in [-0.05, 0) is 41.3 Å². The van der Waals surface area contributed by atoms with Crippen LogP contribution in [0.3, 0.4) is 0 Å². The highest BCUT2D eigenvalue weighted by Crippen LogP contribution is 2.32. The second kappa shape index (κ2) is 12.8. The van der Waals surface area contributed by atoms with Gasteiger partial charge in [0.1, 0.15) is 29.5 Å². The number of methoxy groups -OCH3 is 1. The minimum Gasteiger partial charge on any atom is -0.494 e. The number of amides is 1. The fourth-order valence-corrected chi connectivity index (χ4v) is 4.66. The van der Waals surface area contributed by atoms with E-state index in [0.717, 1.165) is 27.6 Å². The Hall–Kier alpha value is -4.91. The van der Waals surface area contributed by atoms with E-state index >= 15 is 0 Å². The molecule has 0 aliphatic rings. The third kappa shape index (κ3) is 6.38. The molecule has 5 rings (SSSR count). The van der Waals surface area contributed by atoms with Crippen LogP contribution in [0, 0.1) is 6.92 Å². The second-order valence-corrected chi connectivity index (χ2v) is 9.48. The number of hydrogen-bond donors (Lipinski definition) is 2. The molecule has 1 heterocycles. The predicted molar refractivity (Wildman–Crippen MR) is 158 cm³/mol. The normalized spacial score (nSPS) is 11.6. The Kier molecular flexibility index (Phi) is 8.51. The van der Waals surface area contributed by atoms with Crippen molar-refractivity contribution in [3.8, 4) is 5.75 Å². The quantitative estimate of drug-likeness (QED) is 0.210. The monoisotopic (exact) mass is 532 g/mol. The number of aryl methyl sites for hydroxylation is 1. The Labute approximate surface area is 234 Å². The van der Waals surface area contributed by atoms with Crippen LogP contribution in [0.2, 0.25) is 0 Å². The summed E-state index contributed by atoms with van der Waals surface area (Å²) in [4.78, 5) is 22.7. The van der Waals surface area contributed by atoms with Gasteiger partial charge in [0.05, 0.1) is 13.0 Å². The molecule has 0 aliphatic heterocycles. The summed E-state index contributed by atoms with van der Waals surface area (Å²) in [5, 5.41) is 7.30. The minimum absolute atomic E-state index is 0.193. The van der Waals surface area contributed by atoms with Gasteiger partial charge in [-0.25, -0.2) is 14.8 Å². The van der Waals surface area contributed by atoms with Crippen LogP contribution < -0.4 is 15.4 Å². The molecule has 0 fully saturated rings. The number of carbonyl (C=O) groups is 1. The van der Waals surface area contributed by atoms with Crippen molar-refractivity contribution in [2.45, 2.75) is 26.0 Å². The van der Waals surface area contributed by atoms with Gasteiger partial charge in [0.25, 0.3) is 0 Å². The summed E-state index contributed by atoms with van der Waals surface area (Å²) >= 11 is 0. The molecule has 7 heteroatoms. The number of aromatic nitrogens is 2.